The summed E-state index contributed by atoms with van der Waals surface area (Å²) < 4.78 is 0. The first-order valence-electron chi connectivity index (χ1n) is 5.29. The molecular weight excluding hydrogens is 232 g/mol. The fourth-order valence-corrected chi connectivity index (χ4v) is 1.63. The largest absolute Gasteiger partial charge is 0.399 e. The number of hydrogen-bond donors (Lipinski definition) is 3. The van der Waals surface area contributed by atoms with Gasteiger partial charge in [-0.05, 0) is 24.3 Å². The van der Waals surface area contributed by atoms with Crippen LogP contribution in [-0.2, 0) is 11.2 Å². The van der Waals surface area contributed by atoms with Gasteiger partial charge in [0.2, 0.25) is 5.91 Å². The van der Waals surface area contributed by atoms with E-state index in [1.807, 2.05) is 11.4 Å². The molecule has 6 nitrogen and oxygen atoms in total. The summed E-state index contributed by atoms with van der Waals surface area (Å²) in [7, 11) is 0. The normalized spacial score (nSPS) is 10.2. The number of carbonyl (C=O) groups is 2. The van der Waals surface area contributed by atoms with Crippen molar-refractivity contribution in [3.8, 4) is 0 Å². The number of primary amides is 1. The van der Waals surface area contributed by atoms with E-state index in [-0.39, 0.29) is 6.42 Å². The van der Waals surface area contributed by atoms with Gasteiger partial charge in [0.15, 0.2) is 0 Å². The predicted octanol–water partition coefficient (Wildman–Crippen LogP) is 0.554. The first-order valence-corrected chi connectivity index (χ1v) is 5.29. The van der Waals surface area contributed by atoms with Crippen molar-refractivity contribution in [3.05, 3.63) is 36.0 Å². The van der Waals surface area contributed by atoms with E-state index in [2.05, 4.69) is 4.98 Å². The number of rotatable bonds is 2. The number of amides is 3. The minimum Gasteiger partial charge on any atom is -0.399 e. The number of aromatic nitrogens is 1. The maximum Gasteiger partial charge on any atom is 0.318 e. The smallest absolute Gasteiger partial charge is 0.318 e. The molecule has 1 aromatic carbocycles. The molecule has 0 saturated carbocycles. The average molecular weight is 244 g/mol. The molecule has 0 atom stereocenters. The third-order valence-electron chi connectivity index (χ3n) is 2.38. The number of imide groups is 1. The predicted molar refractivity (Wildman–Crippen MR) is 67.6 cm³/mol. The van der Waals surface area contributed by atoms with Crippen molar-refractivity contribution in [1.82, 2.24) is 10.3 Å². The van der Waals surface area contributed by atoms with E-state index in [0.29, 0.717) is 11.4 Å². The van der Waals surface area contributed by atoms with Crippen LogP contribution in [0.2, 0.25) is 0 Å². The number of carbonyl (C=O) groups excluding carboxylic acids is 2. The molecule has 0 aliphatic carbocycles. The van der Waals surface area contributed by atoms with Gasteiger partial charge in [0.1, 0.15) is 0 Å². The van der Waals surface area contributed by atoms with Gasteiger partial charge in [-0.15, -0.1) is 0 Å². The number of urea groups is 1. The maximum absolute atomic E-state index is 11.3. The highest BCUT2D eigenvalue weighted by Crippen LogP contribution is 2.16. The van der Waals surface area contributed by atoms with Crippen molar-refractivity contribution in [2.45, 2.75) is 6.42 Å². The third-order valence-corrected chi connectivity index (χ3v) is 2.38. The molecule has 0 aliphatic rings. The minimum absolute atomic E-state index is 0.00323. The Labute approximate surface area is 103 Å². The fraction of sp³-hybridized carbons (Fsp3) is 0.0833. The molecule has 0 fully saturated rings. The summed E-state index contributed by atoms with van der Waals surface area (Å²) >= 11 is 0. The van der Waals surface area contributed by atoms with Gasteiger partial charge in [0.05, 0.1) is 17.6 Å². The minimum atomic E-state index is -0.867. The van der Waals surface area contributed by atoms with Crippen LogP contribution in [-0.4, -0.2) is 16.9 Å². The van der Waals surface area contributed by atoms with Crippen LogP contribution in [0.4, 0.5) is 10.5 Å². The Morgan fingerprint density at radius 3 is 2.72 bits per heavy atom. The highest BCUT2D eigenvalue weighted by molar-refractivity contribution is 5.94. The zero-order chi connectivity index (χ0) is 13.1. The van der Waals surface area contributed by atoms with Crippen LogP contribution in [0.5, 0.6) is 0 Å². The zero-order valence-corrected chi connectivity index (χ0v) is 9.51. The highest BCUT2D eigenvalue weighted by atomic mass is 16.2. The lowest BCUT2D eigenvalue weighted by Crippen LogP contribution is -2.36. The SMILES string of the molecule is NC(=O)NC(=O)Cc1ccc2cc(N)ccc2n1. The maximum atomic E-state index is 11.3. The quantitative estimate of drug-likeness (QED) is 0.670. The lowest BCUT2D eigenvalue weighted by molar-refractivity contribution is -0.119. The molecule has 0 unspecified atom stereocenters. The number of nitrogen functional groups attached to an aromatic ring is 1. The third kappa shape index (κ3) is 2.73. The molecule has 0 spiro atoms. The summed E-state index contributed by atoms with van der Waals surface area (Å²) in [4.78, 5) is 26.1. The second-order valence-electron chi connectivity index (χ2n) is 3.84. The van der Waals surface area contributed by atoms with E-state index in [9.17, 15) is 9.59 Å². The van der Waals surface area contributed by atoms with Crippen molar-refractivity contribution in [1.29, 1.82) is 0 Å². The number of nitrogens with two attached hydrogens (primary N) is 2. The fourth-order valence-electron chi connectivity index (χ4n) is 1.63. The molecule has 0 radical (unpaired) electrons. The molecule has 0 bridgehead atoms. The number of hydrogen-bond acceptors (Lipinski definition) is 4. The lowest BCUT2D eigenvalue weighted by atomic mass is 10.1. The average Bonchev–Trinajstić information content (AvgIpc) is 2.28. The number of nitrogens with one attached hydrogen (secondary N) is 1. The van der Waals surface area contributed by atoms with E-state index in [4.69, 9.17) is 11.5 Å². The molecule has 92 valence electrons. The number of fused-ring (bicyclic) bond motifs is 1. The standard InChI is InChI=1S/C12H12N4O2/c13-8-2-4-10-7(5-8)1-3-9(15-10)6-11(17)16-12(14)18/h1-5H,6,13H2,(H3,14,16,17,18). The number of nitrogens with zero attached hydrogens (tertiary/aromatic N) is 1. The molecular formula is C12H12N4O2. The highest BCUT2D eigenvalue weighted by Gasteiger charge is 2.07. The van der Waals surface area contributed by atoms with Gasteiger partial charge in [0.25, 0.3) is 0 Å². The zero-order valence-electron chi connectivity index (χ0n) is 9.51. The van der Waals surface area contributed by atoms with Crippen LogP contribution in [0.15, 0.2) is 30.3 Å². The molecule has 5 N–H and O–H groups in total. The second kappa shape index (κ2) is 4.70. The number of benzene rings is 1. The summed E-state index contributed by atoms with van der Waals surface area (Å²) in [6.45, 7) is 0. The molecule has 2 aromatic rings. The van der Waals surface area contributed by atoms with Crippen LogP contribution in [0.1, 0.15) is 5.69 Å². The van der Waals surface area contributed by atoms with E-state index < -0.39 is 11.9 Å². The molecule has 2 rings (SSSR count). The van der Waals surface area contributed by atoms with Gasteiger partial charge in [0, 0.05) is 11.1 Å². The van der Waals surface area contributed by atoms with Crippen LogP contribution in [0, 0.1) is 0 Å². The van der Waals surface area contributed by atoms with Gasteiger partial charge >= 0.3 is 6.03 Å². The molecule has 3 amide bonds. The van der Waals surface area contributed by atoms with Gasteiger partial charge < -0.3 is 11.5 Å². The Bertz CT molecular complexity index is 625. The monoisotopic (exact) mass is 244 g/mol. The van der Waals surface area contributed by atoms with Crippen LogP contribution in [0.3, 0.4) is 0 Å². The van der Waals surface area contributed by atoms with Crippen molar-refractivity contribution >= 4 is 28.5 Å². The Balaban J connectivity index is 2.22. The van der Waals surface area contributed by atoms with Crippen molar-refractivity contribution in [2.24, 2.45) is 5.73 Å². The molecule has 1 aromatic heterocycles. The summed E-state index contributed by atoms with van der Waals surface area (Å²) in [6.07, 6.45) is 0.00323. The van der Waals surface area contributed by atoms with Gasteiger partial charge in [-0.3, -0.25) is 15.1 Å². The summed E-state index contributed by atoms with van der Waals surface area (Å²) in [5.74, 6) is -0.482. The van der Waals surface area contributed by atoms with Gasteiger partial charge in [-0.25, -0.2) is 4.79 Å². The number of anilines is 1. The van der Waals surface area contributed by atoms with E-state index >= 15 is 0 Å². The molecule has 0 aliphatic heterocycles. The van der Waals surface area contributed by atoms with Crippen molar-refractivity contribution in [3.63, 3.8) is 0 Å². The van der Waals surface area contributed by atoms with E-state index in [0.717, 1.165) is 10.9 Å². The van der Waals surface area contributed by atoms with Gasteiger partial charge in [-0.2, -0.15) is 0 Å². The van der Waals surface area contributed by atoms with Crippen LogP contribution in [0.25, 0.3) is 10.9 Å². The Morgan fingerprint density at radius 2 is 2.00 bits per heavy atom. The lowest BCUT2D eigenvalue weighted by Gasteiger charge is -2.03. The summed E-state index contributed by atoms with van der Waals surface area (Å²) in [5.41, 5.74) is 12.5. The van der Waals surface area contributed by atoms with Crippen LogP contribution < -0.4 is 16.8 Å². The summed E-state index contributed by atoms with van der Waals surface area (Å²) in [6, 6.07) is 7.99. The first-order chi connectivity index (χ1) is 8.54. The first kappa shape index (κ1) is 11.8. The van der Waals surface area contributed by atoms with Crippen molar-refractivity contribution in [2.75, 3.05) is 5.73 Å². The molecule has 18 heavy (non-hydrogen) atoms. The van der Waals surface area contributed by atoms with Gasteiger partial charge in [-0.1, -0.05) is 6.07 Å². The molecule has 1 heterocycles. The molecule has 0 saturated heterocycles. The second-order valence-corrected chi connectivity index (χ2v) is 3.84. The van der Waals surface area contributed by atoms with Crippen LogP contribution >= 0.6 is 0 Å². The Kier molecular flexibility index (Phi) is 3.09. The molecule has 6 heteroatoms. The van der Waals surface area contributed by atoms with E-state index in [1.54, 1.807) is 24.3 Å². The van der Waals surface area contributed by atoms with E-state index in [1.165, 1.54) is 0 Å². The Hall–Kier alpha value is -2.63. The summed E-state index contributed by atoms with van der Waals surface area (Å²) in [5, 5.41) is 2.89. The van der Waals surface area contributed by atoms with Crippen molar-refractivity contribution < 1.29 is 9.59 Å². The Morgan fingerprint density at radius 1 is 1.22 bits per heavy atom. The number of pyridine rings is 1. The topological polar surface area (TPSA) is 111 Å².